The average molecular weight is 316 g/mol. The zero-order chi connectivity index (χ0) is 13.1. The third kappa shape index (κ3) is 3.51. The van der Waals surface area contributed by atoms with Crippen LogP contribution in [0.1, 0.15) is 6.42 Å². The van der Waals surface area contributed by atoms with Crippen LogP contribution in [0.4, 0.5) is 10.1 Å². The molecule has 1 aliphatic heterocycles. The second kappa shape index (κ2) is 5.77. The summed E-state index contributed by atoms with van der Waals surface area (Å²) in [5.41, 5.74) is 5.96. The Morgan fingerprint density at radius 3 is 3.00 bits per heavy atom. The molecule has 0 radical (unpaired) electrons. The number of nitrogens with zero attached hydrogens (tertiary/aromatic N) is 1. The number of anilines is 1. The van der Waals surface area contributed by atoms with E-state index in [1.807, 2.05) is 4.90 Å². The molecule has 98 valence electrons. The first-order valence-electron chi connectivity index (χ1n) is 5.77. The number of likely N-dealkylation sites (tertiary alicyclic amines) is 1. The van der Waals surface area contributed by atoms with Crippen LogP contribution < -0.4 is 11.1 Å². The number of amides is 1. The van der Waals surface area contributed by atoms with Gasteiger partial charge in [0.1, 0.15) is 5.82 Å². The highest BCUT2D eigenvalue weighted by atomic mass is 79.9. The molecule has 2 rings (SSSR count). The first kappa shape index (κ1) is 13.5. The molecule has 0 saturated carbocycles. The van der Waals surface area contributed by atoms with Crippen LogP contribution >= 0.6 is 15.9 Å². The second-order valence-corrected chi connectivity index (χ2v) is 5.37. The van der Waals surface area contributed by atoms with Crippen molar-refractivity contribution in [3.8, 4) is 0 Å². The van der Waals surface area contributed by atoms with Crippen molar-refractivity contribution in [1.82, 2.24) is 4.90 Å². The van der Waals surface area contributed by atoms with Crippen molar-refractivity contribution in [2.45, 2.75) is 12.5 Å². The van der Waals surface area contributed by atoms with Crippen LogP contribution in [0.15, 0.2) is 22.7 Å². The number of nitrogens with one attached hydrogen (secondary N) is 1. The third-order valence-corrected chi connectivity index (χ3v) is 3.37. The highest BCUT2D eigenvalue weighted by molar-refractivity contribution is 9.10. The van der Waals surface area contributed by atoms with Crippen molar-refractivity contribution >= 4 is 27.5 Å². The summed E-state index contributed by atoms with van der Waals surface area (Å²) in [6, 6.07) is 4.68. The Hall–Kier alpha value is -0.980. The zero-order valence-electron chi connectivity index (χ0n) is 9.83. The minimum Gasteiger partial charge on any atom is -0.326 e. The van der Waals surface area contributed by atoms with Crippen molar-refractivity contribution in [2.24, 2.45) is 5.73 Å². The van der Waals surface area contributed by atoms with Crippen LogP contribution in [0, 0.1) is 5.82 Å². The quantitative estimate of drug-likeness (QED) is 0.890. The van der Waals surface area contributed by atoms with Gasteiger partial charge in [-0.1, -0.05) is 15.9 Å². The summed E-state index contributed by atoms with van der Waals surface area (Å²) in [4.78, 5) is 13.7. The molecule has 1 heterocycles. The lowest BCUT2D eigenvalue weighted by molar-refractivity contribution is -0.117. The maximum absolute atomic E-state index is 13.5. The highest BCUT2D eigenvalue weighted by Gasteiger charge is 2.21. The second-order valence-electron chi connectivity index (χ2n) is 4.46. The molecule has 18 heavy (non-hydrogen) atoms. The zero-order valence-corrected chi connectivity index (χ0v) is 11.4. The molecule has 1 aromatic carbocycles. The summed E-state index contributed by atoms with van der Waals surface area (Å²) in [6.07, 6.45) is 0.903. The standard InChI is InChI=1S/C12H15BrFN3O/c13-8-1-2-11(10(14)5-8)16-12(18)7-17-4-3-9(15)6-17/h1-2,5,9H,3-4,6-7,15H2,(H,16,18)/t9-/m0/s1. The van der Waals surface area contributed by atoms with Crippen LogP contribution in [-0.2, 0) is 4.79 Å². The Morgan fingerprint density at radius 2 is 2.39 bits per heavy atom. The van der Waals surface area contributed by atoms with Gasteiger partial charge < -0.3 is 11.1 Å². The van der Waals surface area contributed by atoms with E-state index in [9.17, 15) is 9.18 Å². The van der Waals surface area contributed by atoms with E-state index >= 15 is 0 Å². The SMILES string of the molecule is N[C@H]1CCN(CC(=O)Nc2ccc(Br)cc2F)C1. The molecular weight excluding hydrogens is 301 g/mol. The van der Waals surface area contributed by atoms with E-state index in [-0.39, 0.29) is 24.2 Å². The molecule has 1 atom stereocenters. The predicted molar refractivity (Wildman–Crippen MR) is 71.8 cm³/mol. The van der Waals surface area contributed by atoms with E-state index in [0.717, 1.165) is 19.5 Å². The number of benzene rings is 1. The molecule has 1 aromatic rings. The molecule has 1 amide bonds. The Balaban J connectivity index is 1.91. The van der Waals surface area contributed by atoms with Crippen LogP contribution in [0.25, 0.3) is 0 Å². The summed E-state index contributed by atoms with van der Waals surface area (Å²) in [5.74, 6) is -0.666. The molecule has 1 fully saturated rings. The lowest BCUT2D eigenvalue weighted by Gasteiger charge is -2.14. The van der Waals surface area contributed by atoms with Gasteiger partial charge in [-0.15, -0.1) is 0 Å². The van der Waals surface area contributed by atoms with Gasteiger partial charge in [-0.05, 0) is 24.6 Å². The lowest BCUT2D eigenvalue weighted by atomic mass is 10.3. The molecule has 0 unspecified atom stereocenters. The fourth-order valence-corrected chi connectivity index (χ4v) is 2.32. The van der Waals surface area contributed by atoms with Gasteiger partial charge in [0, 0.05) is 23.6 Å². The van der Waals surface area contributed by atoms with E-state index < -0.39 is 5.82 Å². The van der Waals surface area contributed by atoms with Gasteiger partial charge in [-0.25, -0.2) is 4.39 Å². The maximum Gasteiger partial charge on any atom is 0.238 e. The topological polar surface area (TPSA) is 58.4 Å². The Kier molecular flexibility index (Phi) is 4.31. The van der Waals surface area contributed by atoms with Crippen molar-refractivity contribution in [2.75, 3.05) is 25.0 Å². The van der Waals surface area contributed by atoms with E-state index in [0.29, 0.717) is 4.47 Å². The molecule has 4 nitrogen and oxygen atoms in total. The van der Waals surface area contributed by atoms with Crippen LogP contribution in [-0.4, -0.2) is 36.5 Å². The monoisotopic (exact) mass is 315 g/mol. The van der Waals surface area contributed by atoms with Crippen LogP contribution in [0.5, 0.6) is 0 Å². The van der Waals surface area contributed by atoms with Gasteiger partial charge in [0.15, 0.2) is 0 Å². The van der Waals surface area contributed by atoms with Gasteiger partial charge in [0.2, 0.25) is 5.91 Å². The first-order chi connectivity index (χ1) is 8.54. The van der Waals surface area contributed by atoms with Gasteiger partial charge in [-0.3, -0.25) is 9.69 Å². The molecule has 1 saturated heterocycles. The van der Waals surface area contributed by atoms with Crippen molar-refractivity contribution in [1.29, 1.82) is 0 Å². The molecule has 1 aliphatic rings. The predicted octanol–water partition coefficient (Wildman–Crippen LogP) is 1.56. The van der Waals surface area contributed by atoms with Gasteiger partial charge in [0.25, 0.3) is 0 Å². The number of rotatable bonds is 3. The largest absolute Gasteiger partial charge is 0.326 e. The van der Waals surface area contributed by atoms with Crippen LogP contribution in [0.3, 0.4) is 0 Å². The maximum atomic E-state index is 13.5. The summed E-state index contributed by atoms with van der Waals surface area (Å²) >= 11 is 3.17. The highest BCUT2D eigenvalue weighted by Crippen LogP contribution is 2.19. The van der Waals surface area contributed by atoms with E-state index in [2.05, 4.69) is 21.2 Å². The molecule has 0 aliphatic carbocycles. The third-order valence-electron chi connectivity index (χ3n) is 2.88. The van der Waals surface area contributed by atoms with Crippen molar-refractivity contribution in [3.63, 3.8) is 0 Å². The normalized spacial score (nSPS) is 20.1. The summed E-state index contributed by atoms with van der Waals surface area (Å²) in [5, 5.41) is 2.56. The van der Waals surface area contributed by atoms with Crippen molar-refractivity contribution in [3.05, 3.63) is 28.5 Å². The van der Waals surface area contributed by atoms with E-state index in [4.69, 9.17) is 5.73 Å². The summed E-state index contributed by atoms with van der Waals surface area (Å²) in [7, 11) is 0. The Bertz CT molecular complexity index is 455. The van der Waals surface area contributed by atoms with E-state index in [1.165, 1.54) is 12.1 Å². The first-order valence-corrected chi connectivity index (χ1v) is 6.57. The van der Waals surface area contributed by atoms with Gasteiger partial charge >= 0.3 is 0 Å². The Labute approximate surface area is 113 Å². The average Bonchev–Trinajstić information content (AvgIpc) is 2.68. The molecule has 0 spiro atoms. The fourth-order valence-electron chi connectivity index (χ4n) is 1.99. The number of nitrogens with two attached hydrogens (primary N) is 1. The molecule has 6 heteroatoms. The summed E-state index contributed by atoms with van der Waals surface area (Å²) in [6.45, 7) is 1.79. The molecule has 0 aromatic heterocycles. The minimum absolute atomic E-state index is 0.141. The van der Waals surface area contributed by atoms with E-state index in [1.54, 1.807) is 6.07 Å². The van der Waals surface area contributed by atoms with Crippen molar-refractivity contribution < 1.29 is 9.18 Å². The molecular formula is C12H15BrFN3O. The minimum atomic E-state index is -0.448. The smallest absolute Gasteiger partial charge is 0.238 e. The molecule has 0 bridgehead atoms. The van der Waals surface area contributed by atoms with Crippen LogP contribution in [0.2, 0.25) is 0 Å². The summed E-state index contributed by atoms with van der Waals surface area (Å²) < 4.78 is 14.2. The number of carbonyl (C=O) groups is 1. The molecule has 3 N–H and O–H groups in total. The van der Waals surface area contributed by atoms with Gasteiger partial charge in [0.05, 0.1) is 12.2 Å². The number of carbonyl (C=O) groups excluding carboxylic acids is 1. The fraction of sp³-hybridized carbons (Fsp3) is 0.417. The lowest BCUT2D eigenvalue weighted by Crippen LogP contribution is -2.33. The number of hydrogen-bond acceptors (Lipinski definition) is 3. The van der Waals surface area contributed by atoms with Gasteiger partial charge in [-0.2, -0.15) is 0 Å². The number of hydrogen-bond donors (Lipinski definition) is 2. The number of halogens is 2. The Morgan fingerprint density at radius 1 is 1.61 bits per heavy atom.